The Hall–Kier alpha value is -2.35. The van der Waals surface area contributed by atoms with Gasteiger partial charge in [0.05, 0.1) is 19.1 Å². The van der Waals surface area contributed by atoms with Crippen LogP contribution in [0.3, 0.4) is 0 Å². The van der Waals surface area contributed by atoms with Crippen molar-refractivity contribution in [3.63, 3.8) is 0 Å². The van der Waals surface area contributed by atoms with Crippen molar-refractivity contribution < 1.29 is 9.13 Å². The zero-order valence-corrected chi connectivity index (χ0v) is 10.9. The highest BCUT2D eigenvalue weighted by atomic mass is 19.1. The van der Waals surface area contributed by atoms with Gasteiger partial charge < -0.3 is 9.30 Å². The van der Waals surface area contributed by atoms with Crippen molar-refractivity contribution in [1.29, 1.82) is 5.26 Å². The summed E-state index contributed by atoms with van der Waals surface area (Å²) in [7, 11) is 3.28. The smallest absolute Gasteiger partial charge is 0.165 e. The van der Waals surface area contributed by atoms with Crippen LogP contribution in [-0.4, -0.2) is 16.7 Å². The fourth-order valence-corrected chi connectivity index (χ4v) is 1.97. The van der Waals surface area contributed by atoms with Crippen molar-refractivity contribution in [1.82, 2.24) is 9.55 Å². The van der Waals surface area contributed by atoms with Gasteiger partial charge in [0.2, 0.25) is 0 Å². The maximum atomic E-state index is 13.5. The highest BCUT2D eigenvalue weighted by molar-refractivity contribution is 5.31. The van der Waals surface area contributed by atoms with E-state index in [9.17, 15) is 4.39 Å². The molecule has 0 saturated heterocycles. The van der Waals surface area contributed by atoms with Crippen LogP contribution < -0.4 is 4.74 Å². The number of halogens is 1. The van der Waals surface area contributed by atoms with Crippen molar-refractivity contribution in [2.24, 2.45) is 7.05 Å². The highest BCUT2D eigenvalue weighted by Crippen LogP contribution is 2.19. The molecule has 19 heavy (non-hydrogen) atoms. The van der Waals surface area contributed by atoms with E-state index in [1.807, 2.05) is 17.7 Å². The first kappa shape index (κ1) is 13.1. The molecule has 0 unspecified atom stereocenters. The third-order valence-electron chi connectivity index (χ3n) is 3.03. The van der Waals surface area contributed by atoms with Crippen LogP contribution in [0.25, 0.3) is 0 Å². The molecule has 98 valence electrons. The molecule has 0 aliphatic rings. The first-order valence-electron chi connectivity index (χ1n) is 5.88. The zero-order chi connectivity index (χ0) is 13.8. The fraction of sp³-hybridized carbons (Fsp3) is 0.286. The molecule has 0 fully saturated rings. The average molecular weight is 259 g/mol. The van der Waals surface area contributed by atoms with Gasteiger partial charge in [0.1, 0.15) is 6.07 Å². The first-order chi connectivity index (χ1) is 9.15. The van der Waals surface area contributed by atoms with Crippen molar-refractivity contribution >= 4 is 0 Å². The number of benzene rings is 1. The number of aryl methyl sites for hydroxylation is 2. The Bertz CT molecular complexity index is 628. The van der Waals surface area contributed by atoms with E-state index in [0.717, 1.165) is 11.3 Å². The van der Waals surface area contributed by atoms with Gasteiger partial charge in [-0.25, -0.2) is 9.37 Å². The van der Waals surface area contributed by atoms with E-state index in [4.69, 9.17) is 10.00 Å². The van der Waals surface area contributed by atoms with Gasteiger partial charge in [0.15, 0.2) is 17.3 Å². The van der Waals surface area contributed by atoms with Crippen LogP contribution in [0, 0.1) is 17.1 Å². The van der Waals surface area contributed by atoms with Crippen molar-refractivity contribution in [2.45, 2.75) is 12.8 Å². The second-order valence-electron chi connectivity index (χ2n) is 4.23. The second-order valence-corrected chi connectivity index (χ2v) is 4.23. The van der Waals surface area contributed by atoms with Crippen LogP contribution in [-0.2, 0) is 19.9 Å². The minimum atomic E-state index is -0.370. The number of nitriles is 1. The minimum absolute atomic E-state index is 0.238. The SMILES string of the molecule is COc1ccc(CCc2c(C#N)ncn2C)cc1F. The quantitative estimate of drug-likeness (QED) is 0.846. The molecule has 0 amide bonds. The van der Waals surface area contributed by atoms with Crippen molar-refractivity contribution in [2.75, 3.05) is 7.11 Å². The van der Waals surface area contributed by atoms with Gasteiger partial charge in [0, 0.05) is 7.05 Å². The van der Waals surface area contributed by atoms with Crippen LogP contribution in [0.1, 0.15) is 17.0 Å². The molecule has 0 N–H and O–H groups in total. The number of ether oxygens (including phenoxy) is 1. The average Bonchev–Trinajstić information content (AvgIpc) is 2.77. The van der Waals surface area contributed by atoms with Crippen molar-refractivity contribution in [3.05, 3.63) is 47.3 Å². The van der Waals surface area contributed by atoms with Gasteiger partial charge in [-0.3, -0.25) is 0 Å². The van der Waals surface area contributed by atoms with E-state index in [2.05, 4.69) is 11.1 Å². The molecule has 2 aromatic rings. The van der Waals surface area contributed by atoms with E-state index >= 15 is 0 Å². The highest BCUT2D eigenvalue weighted by Gasteiger charge is 2.09. The van der Waals surface area contributed by atoms with Crippen LogP contribution in [0.2, 0.25) is 0 Å². The summed E-state index contributed by atoms with van der Waals surface area (Å²) < 4.78 is 20.2. The summed E-state index contributed by atoms with van der Waals surface area (Å²) in [5.74, 6) is -0.132. The van der Waals surface area contributed by atoms with E-state index < -0.39 is 0 Å². The van der Waals surface area contributed by atoms with E-state index in [0.29, 0.717) is 18.5 Å². The van der Waals surface area contributed by atoms with E-state index in [1.165, 1.54) is 13.2 Å². The summed E-state index contributed by atoms with van der Waals surface area (Å²) in [6.07, 6.45) is 2.91. The molecule has 5 heteroatoms. The molecule has 0 spiro atoms. The minimum Gasteiger partial charge on any atom is -0.494 e. The molecule has 0 aliphatic heterocycles. The standard InChI is InChI=1S/C14H14FN3O/c1-18-9-17-12(8-16)13(18)5-3-10-4-6-14(19-2)11(15)7-10/h4,6-7,9H,3,5H2,1-2H3. The Morgan fingerprint density at radius 3 is 2.84 bits per heavy atom. The van der Waals surface area contributed by atoms with Crippen LogP contribution in [0.5, 0.6) is 5.75 Å². The Kier molecular flexibility index (Phi) is 3.81. The molecular weight excluding hydrogens is 245 g/mol. The normalized spacial score (nSPS) is 10.2. The number of aromatic nitrogens is 2. The number of methoxy groups -OCH3 is 1. The zero-order valence-electron chi connectivity index (χ0n) is 10.9. The molecule has 1 aromatic heterocycles. The summed E-state index contributed by atoms with van der Waals surface area (Å²) in [5, 5.41) is 8.94. The van der Waals surface area contributed by atoms with Crippen LogP contribution in [0.15, 0.2) is 24.5 Å². The third-order valence-corrected chi connectivity index (χ3v) is 3.03. The fourth-order valence-electron chi connectivity index (χ4n) is 1.97. The second kappa shape index (κ2) is 5.53. The first-order valence-corrected chi connectivity index (χ1v) is 5.88. The predicted molar refractivity (Wildman–Crippen MR) is 68.3 cm³/mol. The predicted octanol–water partition coefficient (Wildman–Crippen LogP) is 2.22. The third kappa shape index (κ3) is 2.74. The lowest BCUT2D eigenvalue weighted by atomic mass is 10.1. The lowest BCUT2D eigenvalue weighted by Crippen LogP contribution is -2.01. The molecule has 4 nitrogen and oxygen atoms in total. The van der Waals surface area contributed by atoms with E-state index in [1.54, 1.807) is 12.4 Å². The molecule has 0 aliphatic carbocycles. The topological polar surface area (TPSA) is 50.8 Å². The lowest BCUT2D eigenvalue weighted by Gasteiger charge is -2.06. The summed E-state index contributed by atoms with van der Waals surface area (Å²) in [6, 6.07) is 6.95. The molecule has 2 rings (SSSR count). The van der Waals surface area contributed by atoms with Crippen molar-refractivity contribution in [3.8, 4) is 11.8 Å². The summed E-state index contributed by atoms with van der Waals surface area (Å²) in [4.78, 5) is 4.00. The Labute approximate surface area is 111 Å². The van der Waals surface area contributed by atoms with Gasteiger partial charge >= 0.3 is 0 Å². The molecule has 1 aromatic carbocycles. The summed E-state index contributed by atoms with van der Waals surface area (Å²) in [5.41, 5.74) is 2.15. The largest absolute Gasteiger partial charge is 0.494 e. The number of rotatable bonds is 4. The van der Waals surface area contributed by atoms with Gasteiger partial charge in [-0.15, -0.1) is 0 Å². The monoisotopic (exact) mass is 259 g/mol. The number of imidazole rings is 1. The number of hydrogen-bond acceptors (Lipinski definition) is 3. The van der Waals surface area contributed by atoms with Gasteiger partial charge in [-0.1, -0.05) is 6.07 Å². The maximum Gasteiger partial charge on any atom is 0.165 e. The van der Waals surface area contributed by atoms with Gasteiger partial charge in [-0.2, -0.15) is 5.26 Å². The number of nitrogens with zero attached hydrogens (tertiary/aromatic N) is 3. The lowest BCUT2D eigenvalue weighted by molar-refractivity contribution is 0.386. The molecule has 0 bridgehead atoms. The Morgan fingerprint density at radius 1 is 1.42 bits per heavy atom. The summed E-state index contributed by atoms with van der Waals surface area (Å²) in [6.45, 7) is 0. The van der Waals surface area contributed by atoms with Gasteiger partial charge in [0.25, 0.3) is 0 Å². The molecular formula is C14H14FN3O. The molecule has 0 saturated carbocycles. The van der Waals surface area contributed by atoms with Gasteiger partial charge in [-0.05, 0) is 30.5 Å². The maximum absolute atomic E-state index is 13.5. The summed E-state index contributed by atoms with van der Waals surface area (Å²) >= 11 is 0. The Morgan fingerprint density at radius 2 is 2.21 bits per heavy atom. The molecule has 1 heterocycles. The van der Waals surface area contributed by atoms with Crippen LogP contribution >= 0.6 is 0 Å². The van der Waals surface area contributed by atoms with E-state index in [-0.39, 0.29) is 11.6 Å². The van der Waals surface area contributed by atoms with Crippen LogP contribution in [0.4, 0.5) is 4.39 Å². The molecule has 0 atom stereocenters. The Balaban J connectivity index is 2.13. The molecule has 0 radical (unpaired) electrons. The number of hydrogen-bond donors (Lipinski definition) is 0.